The van der Waals surface area contributed by atoms with Crippen LogP contribution in [-0.2, 0) is 0 Å². The van der Waals surface area contributed by atoms with Crippen molar-refractivity contribution in [1.82, 2.24) is 0 Å². The van der Waals surface area contributed by atoms with Gasteiger partial charge in [0.2, 0.25) is 0 Å². The van der Waals surface area contributed by atoms with Crippen LogP contribution in [0.25, 0.3) is 0 Å². The lowest BCUT2D eigenvalue weighted by molar-refractivity contribution is 0.314. The van der Waals surface area contributed by atoms with Crippen molar-refractivity contribution >= 4 is 0 Å². The molecule has 0 amide bonds. The number of hydrogen-bond acceptors (Lipinski definition) is 2. The molecule has 0 fully saturated rings. The van der Waals surface area contributed by atoms with Crippen molar-refractivity contribution in [2.75, 3.05) is 13.2 Å². The maximum absolute atomic E-state index is 5.83. The summed E-state index contributed by atoms with van der Waals surface area (Å²) in [5.74, 6) is 1.55. The van der Waals surface area contributed by atoms with E-state index in [1.54, 1.807) is 0 Å². The minimum atomic E-state index is 0.473. The molecule has 82 valence electrons. The first-order chi connectivity index (χ1) is 7.22. The Kier molecular flexibility index (Phi) is 2.96. The zero-order valence-corrected chi connectivity index (χ0v) is 9.55. The van der Waals surface area contributed by atoms with E-state index in [9.17, 15) is 0 Å². The lowest BCUT2D eigenvalue weighted by Gasteiger charge is -2.17. The minimum absolute atomic E-state index is 0.473. The van der Waals surface area contributed by atoms with E-state index in [0.29, 0.717) is 5.92 Å². The van der Waals surface area contributed by atoms with Crippen molar-refractivity contribution < 1.29 is 4.74 Å². The fourth-order valence-corrected chi connectivity index (χ4v) is 2.39. The summed E-state index contributed by atoms with van der Waals surface area (Å²) < 4.78 is 5.81. The number of ether oxygens (including phenoxy) is 1. The predicted molar refractivity (Wildman–Crippen MR) is 62.4 cm³/mol. The molecule has 2 nitrogen and oxygen atoms in total. The molecule has 1 atom stereocenters. The number of aryl methyl sites for hydroxylation is 2. The van der Waals surface area contributed by atoms with E-state index < -0.39 is 0 Å². The Labute approximate surface area is 91.4 Å². The van der Waals surface area contributed by atoms with Crippen LogP contribution in [0.5, 0.6) is 5.75 Å². The zero-order chi connectivity index (χ0) is 10.8. The van der Waals surface area contributed by atoms with Crippen molar-refractivity contribution in [3.63, 3.8) is 0 Å². The van der Waals surface area contributed by atoms with Gasteiger partial charge >= 0.3 is 0 Å². The van der Waals surface area contributed by atoms with E-state index in [-0.39, 0.29) is 0 Å². The number of hydrogen-bond donors (Lipinski definition) is 1. The summed E-state index contributed by atoms with van der Waals surface area (Å²) in [5, 5.41) is 0. The van der Waals surface area contributed by atoms with E-state index in [1.165, 1.54) is 16.7 Å². The molecule has 0 saturated carbocycles. The Morgan fingerprint density at radius 1 is 1.40 bits per heavy atom. The fourth-order valence-electron chi connectivity index (χ4n) is 2.39. The molecule has 2 heteroatoms. The molecule has 0 radical (unpaired) electrons. The molecular formula is C13H19NO. The van der Waals surface area contributed by atoms with Gasteiger partial charge in [0, 0.05) is 0 Å². The second-order valence-corrected chi connectivity index (χ2v) is 4.42. The molecule has 15 heavy (non-hydrogen) atoms. The van der Waals surface area contributed by atoms with Gasteiger partial charge in [0.1, 0.15) is 5.75 Å². The standard InChI is InChI=1S/C13H19NO/c1-9-6-10(2)13-12(7-9)11(8-14)4-3-5-15-13/h6-7,11H,3-5,8,14H2,1-2H3. The molecule has 0 aliphatic carbocycles. The molecular weight excluding hydrogens is 186 g/mol. The molecule has 1 aromatic rings. The van der Waals surface area contributed by atoms with Crippen LogP contribution in [0, 0.1) is 13.8 Å². The highest BCUT2D eigenvalue weighted by Crippen LogP contribution is 2.35. The molecule has 1 aliphatic heterocycles. The van der Waals surface area contributed by atoms with E-state index in [0.717, 1.165) is 31.7 Å². The quantitative estimate of drug-likeness (QED) is 0.764. The first-order valence-electron chi connectivity index (χ1n) is 5.66. The first-order valence-corrected chi connectivity index (χ1v) is 5.66. The summed E-state index contributed by atoms with van der Waals surface area (Å²) in [6, 6.07) is 4.41. The Morgan fingerprint density at radius 3 is 2.93 bits per heavy atom. The van der Waals surface area contributed by atoms with Crippen LogP contribution in [0.1, 0.15) is 35.4 Å². The maximum Gasteiger partial charge on any atom is 0.125 e. The van der Waals surface area contributed by atoms with E-state index >= 15 is 0 Å². The number of nitrogens with two attached hydrogens (primary N) is 1. The average molecular weight is 205 g/mol. The van der Waals surface area contributed by atoms with Gasteiger partial charge < -0.3 is 10.5 Å². The molecule has 1 aliphatic rings. The Bertz CT molecular complexity index is 360. The van der Waals surface area contributed by atoms with Crippen LogP contribution in [0.2, 0.25) is 0 Å². The molecule has 2 rings (SSSR count). The molecule has 0 spiro atoms. The summed E-state index contributed by atoms with van der Waals surface area (Å²) >= 11 is 0. The van der Waals surface area contributed by atoms with Crippen molar-refractivity contribution in [3.8, 4) is 5.75 Å². The summed E-state index contributed by atoms with van der Waals surface area (Å²) in [4.78, 5) is 0. The van der Waals surface area contributed by atoms with Gasteiger partial charge in [-0.3, -0.25) is 0 Å². The number of rotatable bonds is 1. The van der Waals surface area contributed by atoms with Gasteiger partial charge in [-0.1, -0.05) is 17.7 Å². The van der Waals surface area contributed by atoms with Crippen molar-refractivity contribution in [2.24, 2.45) is 5.73 Å². The van der Waals surface area contributed by atoms with Gasteiger partial charge in [-0.25, -0.2) is 0 Å². The Balaban J connectivity index is 2.50. The van der Waals surface area contributed by atoms with Gasteiger partial charge in [-0.05, 0) is 50.3 Å². The molecule has 2 N–H and O–H groups in total. The molecule has 1 heterocycles. The summed E-state index contributed by atoms with van der Waals surface area (Å²) in [7, 11) is 0. The van der Waals surface area contributed by atoms with Crippen LogP contribution in [-0.4, -0.2) is 13.2 Å². The highest BCUT2D eigenvalue weighted by Gasteiger charge is 2.20. The zero-order valence-electron chi connectivity index (χ0n) is 9.55. The Morgan fingerprint density at radius 2 is 2.20 bits per heavy atom. The maximum atomic E-state index is 5.83. The van der Waals surface area contributed by atoms with Crippen LogP contribution < -0.4 is 10.5 Å². The minimum Gasteiger partial charge on any atom is -0.493 e. The van der Waals surface area contributed by atoms with Crippen molar-refractivity contribution in [1.29, 1.82) is 0 Å². The van der Waals surface area contributed by atoms with Crippen molar-refractivity contribution in [3.05, 3.63) is 28.8 Å². The van der Waals surface area contributed by atoms with Gasteiger partial charge in [0.25, 0.3) is 0 Å². The van der Waals surface area contributed by atoms with Crippen LogP contribution >= 0.6 is 0 Å². The number of benzene rings is 1. The largest absolute Gasteiger partial charge is 0.493 e. The van der Waals surface area contributed by atoms with E-state index in [4.69, 9.17) is 10.5 Å². The molecule has 1 aromatic carbocycles. The second kappa shape index (κ2) is 4.23. The monoisotopic (exact) mass is 205 g/mol. The van der Waals surface area contributed by atoms with Gasteiger partial charge in [-0.15, -0.1) is 0 Å². The number of fused-ring (bicyclic) bond motifs is 1. The van der Waals surface area contributed by atoms with E-state index in [1.807, 2.05) is 0 Å². The third kappa shape index (κ3) is 2.00. The smallest absolute Gasteiger partial charge is 0.125 e. The van der Waals surface area contributed by atoms with Gasteiger partial charge in [0.05, 0.1) is 6.61 Å². The summed E-state index contributed by atoms with van der Waals surface area (Å²) in [5.41, 5.74) is 9.69. The third-order valence-corrected chi connectivity index (χ3v) is 3.12. The summed E-state index contributed by atoms with van der Waals surface area (Å²) in [6.45, 7) is 5.79. The summed E-state index contributed by atoms with van der Waals surface area (Å²) in [6.07, 6.45) is 2.25. The van der Waals surface area contributed by atoms with E-state index in [2.05, 4.69) is 26.0 Å². The molecule has 0 bridgehead atoms. The lowest BCUT2D eigenvalue weighted by atomic mass is 9.91. The fraction of sp³-hybridized carbons (Fsp3) is 0.538. The topological polar surface area (TPSA) is 35.2 Å². The molecule has 1 unspecified atom stereocenters. The highest BCUT2D eigenvalue weighted by molar-refractivity contribution is 5.46. The van der Waals surface area contributed by atoms with Crippen LogP contribution in [0.4, 0.5) is 0 Å². The SMILES string of the molecule is Cc1cc(C)c2c(c1)C(CN)CCCO2. The molecule has 0 aromatic heterocycles. The van der Waals surface area contributed by atoms with Crippen LogP contribution in [0.3, 0.4) is 0 Å². The molecule has 0 saturated heterocycles. The predicted octanol–water partition coefficient (Wildman–Crippen LogP) is 2.52. The van der Waals surface area contributed by atoms with Crippen molar-refractivity contribution in [2.45, 2.75) is 32.6 Å². The lowest BCUT2D eigenvalue weighted by Crippen LogP contribution is -2.12. The first kappa shape index (κ1) is 10.5. The normalized spacial score (nSPS) is 20.3. The Hall–Kier alpha value is -1.02. The van der Waals surface area contributed by atoms with Gasteiger partial charge in [-0.2, -0.15) is 0 Å². The average Bonchev–Trinajstić information content (AvgIpc) is 2.39. The van der Waals surface area contributed by atoms with Gasteiger partial charge in [0.15, 0.2) is 0 Å². The third-order valence-electron chi connectivity index (χ3n) is 3.12. The van der Waals surface area contributed by atoms with Crippen LogP contribution in [0.15, 0.2) is 12.1 Å². The highest BCUT2D eigenvalue weighted by atomic mass is 16.5. The second-order valence-electron chi connectivity index (χ2n) is 4.42.